The largest absolute Gasteiger partial charge is 0.508 e. The lowest BCUT2D eigenvalue weighted by Gasteiger charge is -2.36. The van der Waals surface area contributed by atoms with Gasteiger partial charge in [-0.3, -0.25) is 4.79 Å². The molecule has 2 heterocycles. The summed E-state index contributed by atoms with van der Waals surface area (Å²) in [6, 6.07) is 16.6. The molecule has 0 saturated carbocycles. The SMILES string of the molecule is CCCC(=O)O.O=C1OC2(c3ccc(O)cc3Oc3cc(O)ccc32)c2ccccc21. The Morgan fingerprint density at radius 1 is 0.903 bits per heavy atom. The number of carbonyl (C=O) groups excluding carboxylic acids is 1. The molecule has 7 heteroatoms. The molecule has 1 spiro atoms. The summed E-state index contributed by atoms with van der Waals surface area (Å²) in [7, 11) is 0. The van der Waals surface area contributed by atoms with E-state index in [-0.39, 0.29) is 11.5 Å². The normalized spacial score (nSPS) is 14.3. The summed E-state index contributed by atoms with van der Waals surface area (Å²) in [6.45, 7) is 1.84. The van der Waals surface area contributed by atoms with Crippen LogP contribution in [-0.2, 0) is 15.1 Å². The molecule has 3 aromatic rings. The minimum Gasteiger partial charge on any atom is -0.508 e. The molecule has 158 valence electrons. The minimum atomic E-state index is -1.17. The maximum Gasteiger partial charge on any atom is 0.340 e. The number of carboxylic acids is 1. The number of hydrogen-bond acceptors (Lipinski definition) is 6. The Morgan fingerprint density at radius 3 is 2.00 bits per heavy atom. The first kappa shape index (κ1) is 20.3. The van der Waals surface area contributed by atoms with Crippen LogP contribution >= 0.6 is 0 Å². The van der Waals surface area contributed by atoms with Crippen LogP contribution < -0.4 is 4.74 Å². The zero-order valence-electron chi connectivity index (χ0n) is 16.7. The number of benzene rings is 3. The lowest BCUT2D eigenvalue weighted by molar-refractivity contribution is -0.137. The Balaban J connectivity index is 0.000000342. The van der Waals surface area contributed by atoms with Crippen molar-refractivity contribution in [1.29, 1.82) is 0 Å². The number of esters is 1. The molecule has 5 rings (SSSR count). The van der Waals surface area contributed by atoms with Crippen molar-refractivity contribution in [2.24, 2.45) is 0 Å². The van der Waals surface area contributed by atoms with E-state index >= 15 is 0 Å². The first-order chi connectivity index (χ1) is 14.9. The summed E-state index contributed by atoms with van der Waals surface area (Å²) in [4.78, 5) is 22.1. The van der Waals surface area contributed by atoms with Crippen LogP contribution in [0.3, 0.4) is 0 Å². The monoisotopic (exact) mass is 420 g/mol. The van der Waals surface area contributed by atoms with Crippen molar-refractivity contribution in [3.05, 3.63) is 82.9 Å². The fourth-order valence-corrected chi connectivity index (χ4v) is 3.87. The van der Waals surface area contributed by atoms with Crippen LogP contribution in [0.4, 0.5) is 0 Å². The van der Waals surface area contributed by atoms with Crippen LogP contribution in [0.2, 0.25) is 0 Å². The number of hydrogen-bond donors (Lipinski definition) is 3. The van der Waals surface area contributed by atoms with Gasteiger partial charge in [0, 0.05) is 35.2 Å². The second kappa shape index (κ2) is 7.68. The molecule has 0 amide bonds. The van der Waals surface area contributed by atoms with Gasteiger partial charge in [-0.15, -0.1) is 0 Å². The summed E-state index contributed by atoms with van der Waals surface area (Å²) in [5, 5.41) is 27.6. The maximum absolute atomic E-state index is 12.5. The van der Waals surface area contributed by atoms with E-state index in [2.05, 4.69) is 0 Å². The lowest BCUT2D eigenvalue weighted by atomic mass is 9.77. The van der Waals surface area contributed by atoms with Crippen molar-refractivity contribution >= 4 is 11.9 Å². The van der Waals surface area contributed by atoms with Crippen molar-refractivity contribution in [3.8, 4) is 23.0 Å². The molecule has 0 aliphatic carbocycles. The van der Waals surface area contributed by atoms with Gasteiger partial charge >= 0.3 is 11.9 Å². The summed E-state index contributed by atoms with van der Waals surface area (Å²) >= 11 is 0. The van der Waals surface area contributed by atoms with Gasteiger partial charge in [0.1, 0.15) is 23.0 Å². The first-order valence-corrected chi connectivity index (χ1v) is 9.76. The Morgan fingerprint density at radius 2 is 1.48 bits per heavy atom. The van der Waals surface area contributed by atoms with E-state index in [0.717, 1.165) is 6.42 Å². The number of phenols is 2. The van der Waals surface area contributed by atoms with E-state index in [4.69, 9.17) is 14.6 Å². The molecule has 2 aliphatic rings. The molecule has 0 saturated heterocycles. The molecule has 3 N–H and O–H groups in total. The van der Waals surface area contributed by atoms with Crippen LogP contribution in [-0.4, -0.2) is 27.3 Å². The zero-order valence-corrected chi connectivity index (χ0v) is 16.7. The van der Waals surface area contributed by atoms with E-state index in [9.17, 15) is 19.8 Å². The second-order valence-corrected chi connectivity index (χ2v) is 7.22. The van der Waals surface area contributed by atoms with Gasteiger partial charge in [-0.1, -0.05) is 25.1 Å². The molecular formula is C24H20O7. The number of fused-ring (bicyclic) bond motifs is 6. The van der Waals surface area contributed by atoms with Crippen LogP contribution in [0.25, 0.3) is 0 Å². The van der Waals surface area contributed by atoms with Crippen LogP contribution in [0, 0.1) is 0 Å². The highest BCUT2D eigenvalue weighted by molar-refractivity contribution is 5.97. The third-order valence-electron chi connectivity index (χ3n) is 5.14. The predicted octanol–water partition coefficient (Wildman–Crippen LogP) is 4.54. The van der Waals surface area contributed by atoms with Crippen molar-refractivity contribution in [3.63, 3.8) is 0 Å². The first-order valence-electron chi connectivity index (χ1n) is 9.76. The molecular weight excluding hydrogens is 400 g/mol. The highest BCUT2D eigenvalue weighted by Gasteiger charge is 2.53. The predicted molar refractivity (Wildman–Crippen MR) is 111 cm³/mol. The van der Waals surface area contributed by atoms with Crippen molar-refractivity contribution in [2.45, 2.75) is 25.4 Å². The van der Waals surface area contributed by atoms with Gasteiger partial charge < -0.3 is 24.8 Å². The standard InChI is InChI=1S/C20H12O5.C4H8O2/c21-11-5-7-15-17(9-11)24-18-10-12(22)6-8-16(18)20(15)14-4-2-1-3-13(14)19(23)25-20;1-2-3-4(5)6/h1-10,21-22H;2-3H2,1H3,(H,5,6). The number of phenolic OH excluding ortho intramolecular Hbond substituents is 2. The molecule has 31 heavy (non-hydrogen) atoms. The number of carboxylic acid groups (broad SMARTS) is 1. The number of aliphatic carboxylic acids is 1. The molecule has 0 radical (unpaired) electrons. The topological polar surface area (TPSA) is 113 Å². The summed E-state index contributed by atoms with van der Waals surface area (Å²) in [6.07, 6.45) is 1.02. The smallest absolute Gasteiger partial charge is 0.340 e. The second-order valence-electron chi connectivity index (χ2n) is 7.22. The van der Waals surface area contributed by atoms with E-state index in [0.29, 0.717) is 40.2 Å². The molecule has 0 atom stereocenters. The Labute approximate surface area is 178 Å². The molecule has 0 aromatic heterocycles. The molecule has 2 aliphatic heterocycles. The van der Waals surface area contributed by atoms with Crippen LogP contribution in [0.1, 0.15) is 46.8 Å². The Hall–Kier alpha value is -4.00. The number of ether oxygens (including phenoxy) is 2. The van der Waals surface area contributed by atoms with E-state index in [1.54, 1.807) is 24.3 Å². The Kier molecular flexibility index (Phi) is 5.02. The van der Waals surface area contributed by atoms with Gasteiger partial charge in [0.05, 0.1) is 5.56 Å². The number of aromatic hydroxyl groups is 2. The molecule has 0 fully saturated rings. The van der Waals surface area contributed by atoms with Crippen LogP contribution in [0.15, 0.2) is 60.7 Å². The average molecular weight is 420 g/mol. The van der Waals surface area contributed by atoms with E-state index in [1.165, 1.54) is 24.3 Å². The lowest BCUT2D eigenvalue weighted by Crippen LogP contribution is -2.32. The Bertz CT molecular complexity index is 1130. The van der Waals surface area contributed by atoms with Gasteiger partial charge in [-0.05, 0) is 36.8 Å². The number of carbonyl (C=O) groups is 2. The van der Waals surface area contributed by atoms with Gasteiger partial charge in [-0.25, -0.2) is 4.79 Å². The molecule has 3 aromatic carbocycles. The highest BCUT2D eigenvalue weighted by atomic mass is 16.6. The van der Waals surface area contributed by atoms with Gasteiger partial charge in [-0.2, -0.15) is 0 Å². The summed E-state index contributed by atoms with van der Waals surface area (Å²) < 4.78 is 11.8. The van der Waals surface area contributed by atoms with Crippen molar-refractivity contribution in [2.75, 3.05) is 0 Å². The van der Waals surface area contributed by atoms with Gasteiger partial charge in [0.2, 0.25) is 0 Å². The van der Waals surface area contributed by atoms with E-state index in [1.807, 2.05) is 19.1 Å². The zero-order chi connectivity index (χ0) is 22.2. The highest BCUT2D eigenvalue weighted by Crippen LogP contribution is 2.56. The fraction of sp³-hybridized carbons (Fsp3) is 0.167. The average Bonchev–Trinajstić information content (AvgIpc) is 3.01. The quantitative estimate of drug-likeness (QED) is 0.522. The van der Waals surface area contributed by atoms with Crippen molar-refractivity contribution < 1.29 is 34.4 Å². The minimum absolute atomic E-state index is 0.0371. The third-order valence-corrected chi connectivity index (χ3v) is 5.14. The van der Waals surface area contributed by atoms with Crippen LogP contribution in [0.5, 0.6) is 23.0 Å². The molecule has 0 bridgehead atoms. The fourth-order valence-electron chi connectivity index (χ4n) is 3.87. The molecule has 7 nitrogen and oxygen atoms in total. The molecule has 0 unspecified atom stereocenters. The number of rotatable bonds is 2. The maximum atomic E-state index is 12.5. The van der Waals surface area contributed by atoms with E-state index < -0.39 is 17.5 Å². The summed E-state index contributed by atoms with van der Waals surface area (Å²) in [5.41, 5.74) is 1.28. The van der Waals surface area contributed by atoms with Gasteiger partial charge in [0.15, 0.2) is 5.60 Å². The summed E-state index contributed by atoms with van der Waals surface area (Å²) in [5.74, 6) is -0.302. The van der Waals surface area contributed by atoms with Gasteiger partial charge in [0.25, 0.3) is 0 Å². The van der Waals surface area contributed by atoms with Crippen molar-refractivity contribution in [1.82, 2.24) is 0 Å². The third kappa shape index (κ3) is 3.34.